The average Bonchev–Trinajstić information content (AvgIpc) is 2.85. The Morgan fingerprint density at radius 1 is 1.30 bits per heavy atom. The zero-order valence-electron chi connectivity index (χ0n) is 9.84. The van der Waals surface area contributed by atoms with Gasteiger partial charge in [-0.05, 0) is 39.7 Å². The largest absolute Gasteiger partial charge is 0.475 e. The SMILES string of the molecule is O=C(O)c1ccc(S(=O)(=O)Cc2cccc(F)c2Br)o1. The van der Waals surface area contributed by atoms with E-state index in [1.165, 1.54) is 18.2 Å². The van der Waals surface area contributed by atoms with E-state index in [9.17, 15) is 17.6 Å². The lowest BCUT2D eigenvalue weighted by Gasteiger charge is -2.05. The van der Waals surface area contributed by atoms with Crippen molar-refractivity contribution in [2.24, 2.45) is 0 Å². The van der Waals surface area contributed by atoms with Crippen LogP contribution < -0.4 is 0 Å². The molecular weight excluding hydrogens is 355 g/mol. The van der Waals surface area contributed by atoms with Gasteiger partial charge in [0.1, 0.15) is 5.82 Å². The molecule has 0 unspecified atom stereocenters. The average molecular weight is 363 g/mol. The quantitative estimate of drug-likeness (QED) is 0.903. The van der Waals surface area contributed by atoms with Gasteiger partial charge in [-0.15, -0.1) is 0 Å². The lowest BCUT2D eigenvalue weighted by molar-refractivity contribution is 0.0656. The Morgan fingerprint density at radius 3 is 2.60 bits per heavy atom. The first-order valence-corrected chi connectivity index (χ1v) is 7.74. The van der Waals surface area contributed by atoms with Gasteiger partial charge in [0.2, 0.25) is 20.7 Å². The first-order chi connectivity index (χ1) is 9.31. The van der Waals surface area contributed by atoms with Crippen LogP contribution in [0.15, 0.2) is 44.3 Å². The molecule has 106 valence electrons. The Hall–Kier alpha value is -1.67. The number of furan rings is 1. The molecule has 0 saturated carbocycles. The number of hydrogen-bond donors (Lipinski definition) is 1. The highest BCUT2D eigenvalue weighted by Gasteiger charge is 2.23. The van der Waals surface area contributed by atoms with Crippen LogP contribution in [-0.4, -0.2) is 19.5 Å². The van der Waals surface area contributed by atoms with Crippen LogP contribution in [0.5, 0.6) is 0 Å². The van der Waals surface area contributed by atoms with E-state index in [-0.39, 0.29) is 10.0 Å². The first kappa shape index (κ1) is 14.7. The summed E-state index contributed by atoms with van der Waals surface area (Å²) in [6, 6.07) is 6.14. The summed E-state index contributed by atoms with van der Waals surface area (Å²) < 4.78 is 42.3. The molecule has 0 amide bonds. The fraction of sp³-hybridized carbons (Fsp3) is 0.0833. The summed E-state index contributed by atoms with van der Waals surface area (Å²) >= 11 is 2.97. The molecule has 1 aromatic carbocycles. The Bertz CT molecular complexity index is 766. The third kappa shape index (κ3) is 2.91. The van der Waals surface area contributed by atoms with Crippen LogP contribution in [0.25, 0.3) is 0 Å². The van der Waals surface area contributed by atoms with Crippen LogP contribution in [0.2, 0.25) is 0 Å². The molecule has 5 nitrogen and oxygen atoms in total. The van der Waals surface area contributed by atoms with Gasteiger partial charge in [0.05, 0.1) is 10.2 Å². The van der Waals surface area contributed by atoms with Crippen molar-refractivity contribution in [1.82, 2.24) is 0 Å². The Balaban J connectivity index is 2.35. The highest BCUT2D eigenvalue weighted by molar-refractivity contribution is 9.10. The minimum atomic E-state index is -3.89. The zero-order valence-corrected chi connectivity index (χ0v) is 12.2. The molecule has 0 fully saturated rings. The molecule has 0 bridgehead atoms. The molecule has 1 aromatic heterocycles. The third-order valence-corrected chi connectivity index (χ3v) is 4.89. The van der Waals surface area contributed by atoms with Gasteiger partial charge in [0, 0.05) is 0 Å². The number of aromatic carboxylic acids is 1. The molecule has 0 radical (unpaired) electrons. The van der Waals surface area contributed by atoms with Crippen LogP contribution in [0.3, 0.4) is 0 Å². The van der Waals surface area contributed by atoms with Gasteiger partial charge in [-0.3, -0.25) is 0 Å². The van der Waals surface area contributed by atoms with Crippen molar-refractivity contribution in [2.45, 2.75) is 10.8 Å². The van der Waals surface area contributed by atoms with Crippen molar-refractivity contribution in [3.05, 3.63) is 51.9 Å². The summed E-state index contributed by atoms with van der Waals surface area (Å²) in [6.45, 7) is 0. The van der Waals surface area contributed by atoms with Gasteiger partial charge < -0.3 is 9.52 Å². The van der Waals surface area contributed by atoms with Crippen molar-refractivity contribution < 1.29 is 27.1 Å². The lowest BCUT2D eigenvalue weighted by atomic mass is 10.2. The summed E-state index contributed by atoms with van der Waals surface area (Å²) in [5.74, 6) is -2.92. The number of sulfone groups is 1. The smallest absolute Gasteiger partial charge is 0.371 e. The summed E-state index contributed by atoms with van der Waals surface area (Å²) in [7, 11) is -3.89. The van der Waals surface area contributed by atoms with Crippen LogP contribution in [0, 0.1) is 5.82 Å². The molecule has 1 heterocycles. The zero-order chi connectivity index (χ0) is 14.9. The Kier molecular flexibility index (Phi) is 3.96. The number of carboxylic acids is 1. The van der Waals surface area contributed by atoms with Crippen LogP contribution in [0.4, 0.5) is 4.39 Å². The van der Waals surface area contributed by atoms with E-state index in [2.05, 4.69) is 15.9 Å². The maximum absolute atomic E-state index is 13.3. The van der Waals surface area contributed by atoms with Crippen LogP contribution in [0.1, 0.15) is 16.1 Å². The minimum absolute atomic E-state index is 0.0496. The number of rotatable bonds is 4. The number of hydrogen-bond acceptors (Lipinski definition) is 4. The topological polar surface area (TPSA) is 84.6 Å². The molecule has 0 spiro atoms. The summed E-state index contributed by atoms with van der Waals surface area (Å²) in [5, 5.41) is 8.22. The number of halogens is 2. The molecule has 2 rings (SSSR count). The second-order valence-electron chi connectivity index (χ2n) is 3.90. The van der Waals surface area contributed by atoms with E-state index in [0.29, 0.717) is 0 Å². The summed E-state index contributed by atoms with van der Waals surface area (Å²) in [5.41, 5.74) is 0.221. The Morgan fingerprint density at radius 2 is 2.00 bits per heavy atom. The highest BCUT2D eigenvalue weighted by Crippen LogP contribution is 2.25. The number of carbonyl (C=O) groups is 1. The highest BCUT2D eigenvalue weighted by atomic mass is 79.9. The predicted molar refractivity (Wildman–Crippen MR) is 70.7 cm³/mol. The third-order valence-electron chi connectivity index (χ3n) is 2.48. The normalized spacial score (nSPS) is 11.5. The van der Waals surface area contributed by atoms with Crippen molar-refractivity contribution >= 4 is 31.7 Å². The molecular formula is C12H8BrFO5S. The minimum Gasteiger partial charge on any atom is -0.475 e. The Labute approximate surface area is 122 Å². The van der Waals surface area contributed by atoms with Gasteiger partial charge in [-0.1, -0.05) is 12.1 Å². The number of benzene rings is 1. The first-order valence-electron chi connectivity index (χ1n) is 5.30. The van der Waals surface area contributed by atoms with E-state index in [0.717, 1.165) is 12.1 Å². The van der Waals surface area contributed by atoms with E-state index < -0.39 is 38.2 Å². The molecule has 20 heavy (non-hydrogen) atoms. The van der Waals surface area contributed by atoms with Gasteiger partial charge in [-0.25, -0.2) is 17.6 Å². The summed E-state index contributed by atoms with van der Waals surface area (Å²) in [6.07, 6.45) is 0. The van der Waals surface area contributed by atoms with Crippen molar-refractivity contribution in [3.8, 4) is 0 Å². The lowest BCUT2D eigenvalue weighted by Crippen LogP contribution is -2.05. The van der Waals surface area contributed by atoms with Crippen molar-refractivity contribution in [1.29, 1.82) is 0 Å². The molecule has 1 N–H and O–H groups in total. The van der Waals surface area contributed by atoms with Crippen molar-refractivity contribution in [3.63, 3.8) is 0 Å². The van der Waals surface area contributed by atoms with E-state index >= 15 is 0 Å². The van der Waals surface area contributed by atoms with Gasteiger partial charge in [0.15, 0.2) is 0 Å². The standard InChI is InChI=1S/C12H8BrFO5S/c13-11-7(2-1-3-8(11)14)6-20(17,18)10-5-4-9(19-10)12(15)16/h1-5H,6H2,(H,15,16). The maximum Gasteiger partial charge on any atom is 0.371 e. The van der Waals surface area contributed by atoms with E-state index in [4.69, 9.17) is 9.52 Å². The molecule has 0 aliphatic rings. The van der Waals surface area contributed by atoms with E-state index in [1.807, 2.05) is 0 Å². The summed E-state index contributed by atoms with van der Waals surface area (Å²) in [4.78, 5) is 10.7. The van der Waals surface area contributed by atoms with Crippen LogP contribution in [-0.2, 0) is 15.6 Å². The molecule has 8 heteroatoms. The molecule has 2 aromatic rings. The maximum atomic E-state index is 13.3. The van der Waals surface area contributed by atoms with Gasteiger partial charge in [0.25, 0.3) is 0 Å². The molecule has 0 saturated heterocycles. The molecule has 0 atom stereocenters. The number of carboxylic acid groups (broad SMARTS) is 1. The van der Waals surface area contributed by atoms with E-state index in [1.54, 1.807) is 0 Å². The fourth-order valence-electron chi connectivity index (χ4n) is 1.54. The molecule has 0 aliphatic carbocycles. The van der Waals surface area contributed by atoms with Gasteiger partial charge >= 0.3 is 5.97 Å². The van der Waals surface area contributed by atoms with Gasteiger partial charge in [-0.2, -0.15) is 0 Å². The van der Waals surface area contributed by atoms with Crippen LogP contribution >= 0.6 is 15.9 Å². The second-order valence-corrected chi connectivity index (χ2v) is 6.61. The van der Waals surface area contributed by atoms with Crippen molar-refractivity contribution in [2.75, 3.05) is 0 Å². The monoisotopic (exact) mass is 362 g/mol. The predicted octanol–water partition coefficient (Wildman–Crippen LogP) is 2.85. The fourth-order valence-corrected chi connectivity index (χ4v) is 3.41. The second kappa shape index (κ2) is 5.37. The molecule has 0 aliphatic heterocycles.